The highest BCUT2D eigenvalue weighted by Crippen LogP contribution is 2.63. The number of rotatable bonds is 4. The summed E-state index contributed by atoms with van der Waals surface area (Å²) in [5.74, 6) is 0. The zero-order valence-corrected chi connectivity index (χ0v) is 30.7. The van der Waals surface area contributed by atoms with Gasteiger partial charge in [-0.2, -0.15) is 0 Å². The summed E-state index contributed by atoms with van der Waals surface area (Å²) in [7, 11) is 0. The van der Waals surface area contributed by atoms with E-state index in [1.165, 1.54) is 92.3 Å². The van der Waals surface area contributed by atoms with Crippen molar-refractivity contribution in [3.05, 3.63) is 222 Å². The first kappa shape index (κ1) is 30.7. The Morgan fingerprint density at radius 1 is 0.345 bits per heavy atom. The highest BCUT2D eigenvalue weighted by Gasteiger charge is 2.51. The van der Waals surface area contributed by atoms with Crippen LogP contribution in [0.1, 0.15) is 22.3 Å². The third kappa shape index (κ3) is 4.23. The molecule has 1 nitrogen and oxygen atoms in total. The lowest BCUT2D eigenvalue weighted by Crippen LogP contribution is -2.25. The number of anilines is 3. The molecule has 0 saturated carbocycles. The van der Waals surface area contributed by atoms with Crippen LogP contribution in [0.3, 0.4) is 0 Å². The van der Waals surface area contributed by atoms with Gasteiger partial charge in [0.1, 0.15) is 0 Å². The molecule has 0 unspecified atom stereocenters. The normalized spacial score (nSPS) is 13.2. The Balaban J connectivity index is 1.09. The van der Waals surface area contributed by atoms with Gasteiger partial charge in [0.2, 0.25) is 0 Å². The third-order valence-electron chi connectivity index (χ3n) is 12.1. The molecule has 1 aromatic heterocycles. The first-order valence-corrected chi connectivity index (χ1v) is 19.8. The molecule has 55 heavy (non-hydrogen) atoms. The highest BCUT2D eigenvalue weighted by molar-refractivity contribution is 7.26. The molecule has 1 spiro atoms. The minimum absolute atomic E-state index is 0.361. The first-order valence-electron chi connectivity index (χ1n) is 19.0. The molecule has 2 heteroatoms. The average molecular weight is 716 g/mol. The standard InChI is InChI=1S/C53H33NS/c1-3-15-36(16-4-1)54(37-17-5-2-6-18-37)50-33-45-44-31-34(28-30-51(44)55-52(45)43-23-8-7-22-42(43)50)35-27-29-41-40-21-11-14-26-48(40)53(49(41)32-35)46-24-12-9-19-38(46)39-20-10-13-25-47(39)53/h1-33H. The quantitative estimate of drug-likeness (QED) is 0.175. The number of hydrogen-bond donors (Lipinski definition) is 0. The molecule has 2 aliphatic rings. The van der Waals surface area contributed by atoms with Gasteiger partial charge in [0.25, 0.3) is 0 Å². The van der Waals surface area contributed by atoms with Crippen LogP contribution in [-0.4, -0.2) is 0 Å². The Morgan fingerprint density at radius 2 is 0.836 bits per heavy atom. The largest absolute Gasteiger partial charge is 0.310 e. The average Bonchev–Trinajstić information content (AvgIpc) is 3.88. The van der Waals surface area contributed by atoms with E-state index >= 15 is 0 Å². The fourth-order valence-electron chi connectivity index (χ4n) is 9.80. The van der Waals surface area contributed by atoms with Gasteiger partial charge in [0.15, 0.2) is 0 Å². The molecule has 256 valence electrons. The smallest absolute Gasteiger partial charge is 0.0725 e. The van der Waals surface area contributed by atoms with Crippen molar-refractivity contribution in [1.29, 1.82) is 0 Å². The van der Waals surface area contributed by atoms with Gasteiger partial charge in [-0.25, -0.2) is 0 Å². The van der Waals surface area contributed by atoms with Crippen molar-refractivity contribution in [2.45, 2.75) is 5.41 Å². The summed E-state index contributed by atoms with van der Waals surface area (Å²) in [6.45, 7) is 0. The minimum atomic E-state index is -0.361. The lowest BCUT2D eigenvalue weighted by Gasteiger charge is -2.30. The van der Waals surface area contributed by atoms with Crippen LogP contribution in [0.5, 0.6) is 0 Å². The zero-order chi connectivity index (χ0) is 36.1. The van der Waals surface area contributed by atoms with Crippen molar-refractivity contribution >= 4 is 59.3 Å². The van der Waals surface area contributed by atoms with Gasteiger partial charge < -0.3 is 4.90 Å². The molecule has 2 aliphatic carbocycles. The highest BCUT2D eigenvalue weighted by atomic mass is 32.1. The minimum Gasteiger partial charge on any atom is -0.310 e. The zero-order valence-electron chi connectivity index (χ0n) is 29.9. The summed E-state index contributed by atoms with van der Waals surface area (Å²) < 4.78 is 2.63. The van der Waals surface area contributed by atoms with Crippen molar-refractivity contribution in [2.24, 2.45) is 0 Å². The Kier molecular flexibility index (Phi) is 6.49. The summed E-state index contributed by atoms with van der Waals surface area (Å²) in [5, 5.41) is 5.11. The summed E-state index contributed by atoms with van der Waals surface area (Å²) >= 11 is 1.90. The molecular formula is C53H33NS. The van der Waals surface area contributed by atoms with Crippen molar-refractivity contribution in [1.82, 2.24) is 0 Å². The molecule has 0 atom stereocenters. The van der Waals surface area contributed by atoms with E-state index in [0.29, 0.717) is 0 Å². The maximum Gasteiger partial charge on any atom is 0.0725 e. The number of hydrogen-bond acceptors (Lipinski definition) is 2. The molecule has 10 aromatic rings. The predicted octanol–water partition coefficient (Wildman–Crippen LogP) is 14.7. The lowest BCUT2D eigenvalue weighted by molar-refractivity contribution is 0.794. The van der Waals surface area contributed by atoms with Crippen LogP contribution >= 0.6 is 11.3 Å². The molecule has 0 N–H and O–H groups in total. The van der Waals surface area contributed by atoms with Crippen LogP contribution in [0, 0.1) is 0 Å². The van der Waals surface area contributed by atoms with Crippen LogP contribution in [0.4, 0.5) is 17.1 Å². The van der Waals surface area contributed by atoms with Gasteiger partial charge in [-0.05, 0) is 104 Å². The third-order valence-corrected chi connectivity index (χ3v) is 13.3. The number of fused-ring (bicyclic) bond motifs is 15. The van der Waals surface area contributed by atoms with E-state index in [1.54, 1.807) is 0 Å². The van der Waals surface area contributed by atoms with E-state index in [4.69, 9.17) is 0 Å². The Hall–Kier alpha value is -6.74. The van der Waals surface area contributed by atoms with Gasteiger partial charge in [-0.15, -0.1) is 11.3 Å². The maximum atomic E-state index is 2.50. The summed E-state index contributed by atoms with van der Waals surface area (Å²) in [6, 6.07) is 74.3. The van der Waals surface area contributed by atoms with E-state index in [2.05, 4.69) is 205 Å². The van der Waals surface area contributed by atoms with E-state index in [-0.39, 0.29) is 5.41 Å². The molecule has 0 radical (unpaired) electrons. The summed E-state index contributed by atoms with van der Waals surface area (Å²) in [6.07, 6.45) is 0. The van der Waals surface area contributed by atoms with Crippen molar-refractivity contribution in [3.63, 3.8) is 0 Å². The summed E-state index contributed by atoms with van der Waals surface area (Å²) in [5.41, 5.74) is 16.4. The van der Waals surface area contributed by atoms with E-state index < -0.39 is 0 Å². The van der Waals surface area contributed by atoms with Crippen LogP contribution in [0.2, 0.25) is 0 Å². The molecule has 0 bridgehead atoms. The summed E-state index contributed by atoms with van der Waals surface area (Å²) in [4.78, 5) is 2.41. The molecule has 0 fully saturated rings. The Bertz CT molecular complexity index is 3050. The fourth-order valence-corrected chi connectivity index (χ4v) is 11.0. The monoisotopic (exact) mass is 715 g/mol. The van der Waals surface area contributed by atoms with Crippen LogP contribution in [0.15, 0.2) is 200 Å². The maximum absolute atomic E-state index is 2.50. The van der Waals surface area contributed by atoms with Crippen LogP contribution in [-0.2, 0) is 5.41 Å². The van der Waals surface area contributed by atoms with E-state index in [0.717, 1.165) is 11.4 Å². The van der Waals surface area contributed by atoms with Crippen molar-refractivity contribution in [2.75, 3.05) is 4.90 Å². The molecular weight excluding hydrogens is 683 g/mol. The molecule has 0 aliphatic heterocycles. The molecule has 12 rings (SSSR count). The van der Waals surface area contributed by atoms with Crippen molar-refractivity contribution in [3.8, 4) is 33.4 Å². The van der Waals surface area contributed by atoms with Crippen LogP contribution < -0.4 is 4.90 Å². The second-order valence-electron chi connectivity index (χ2n) is 14.8. The van der Waals surface area contributed by atoms with Gasteiger partial charge in [-0.1, -0.05) is 152 Å². The second kappa shape index (κ2) is 11.6. The van der Waals surface area contributed by atoms with Gasteiger partial charge >= 0.3 is 0 Å². The Morgan fingerprint density at radius 3 is 1.45 bits per heavy atom. The van der Waals surface area contributed by atoms with Gasteiger partial charge in [0.05, 0.1) is 11.1 Å². The SMILES string of the molecule is c1ccc(N(c2ccccc2)c2cc3c4cc(-c5ccc6c(c5)C5(c7ccccc7-c7ccccc75)c5ccccc5-6)ccc4sc3c3ccccc23)cc1. The van der Waals surface area contributed by atoms with Crippen molar-refractivity contribution < 1.29 is 0 Å². The second-order valence-corrected chi connectivity index (χ2v) is 15.8. The number of thiophene rings is 1. The number of benzene rings is 9. The van der Waals surface area contributed by atoms with Crippen LogP contribution in [0.25, 0.3) is 64.3 Å². The molecule has 0 saturated heterocycles. The van der Waals surface area contributed by atoms with E-state index in [9.17, 15) is 0 Å². The fraction of sp³-hybridized carbons (Fsp3) is 0.0189. The predicted molar refractivity (Wildman–Crippen MR) is 233 cm³/mol. The molecule has 0 amide bonds. The topological polar surface area (TPSA) is 3.24 Å². The first-order chi connectivity index (χ1) is 27.3. The van der Waals surface area contributed by atoms with Gasteiger partial charge in [-0.3, -0.25) is 0 Å². The Labute approximate surface area is 324 Å². The van der Waals surface area contributed by atoms with E-state index in [1.807, 2.05) is 11.3 Å². The number of para-hydroxylation sites is 2. The molecule has 1 heterocycles. The van der Waals surface area contributed by atoms with Gasteiger partial charge in [0, 0.05) is 42.3 Å². The lowest BCUT2D eigenvalue weighted by atomic mass is 9.70. The molecule has 9 aromatic carbocycles. The number of nitrogens with zero attached hydrogens (tertiary/aromatic N) is 1.